The predicted molar refractivity (Wildman–Crippen MR) is 244 cm³/mol. The average molecular weight is 817 g/mol. The molecule has 0 bridgehead atoms. The van der Waals surface area contributed by atoms with Gasteiger partial charge in [-0.25, -0.2) is 0 Å². The van der Waals surface area contributed by atoms with Crippen molar-refractivity contribution >= 4 is 53.6 Å². The molecule has 308 valence electrons. The number of para-hydroxylation sites is 1. The van der Waals surface area contributed by atoms with Gasteiger partial charge in [-0.05, 0) is 106 Å². The topological polar surface area (TPSA) is 88.1 Å². The highest BCUT2D eigenvalue weighted by Crippen LogP contribution is 2.51. The summed E-state index contributed by atoms with van der Waals surface area (Å²) in [7, 11) is -2.93. The van der Waals surface area contributed by atoms with Crippen LogP contribution in [0.25, 0.3) is 6.08 Å². The second-order valence-corrected chi connectivity index (χ2v) is 21.8. The number of hydrogen-bond donors (Lipinski definition) is 2. The fourth-order valence-electron chi connectivity index (χ4n) is 9.96. The lowest BCUT2D eigenvalue weighted by molar-refractivity contribution is -0.122. The summed E-state index contributed by atoms with van der Waals surface area (Å²) in [5, 5.41) is 15.7. The fraction of sp³-hybridized carbons (Fsp3) is 0.308. The van der Waals surface area contributed by atoms with E-state index in [1.807, 2.05) is 66.7 Å². The molecule has 3 aliphatic rings. The first-order valence-corrected chi connectivity index (χ1v) is 23.3. The van der Waals surface area contributed by atoms with Gasteiger partial charge in [0.15, 0.2) is 0 Å². The van der Waals surface area contributed by atoms with Crippen LogP contribution < -0.4 is 20.6 Å². The number of rotatable bonds is 14. The zero-order valence-corrected chi connectivity index (χ0v) is 36.1. The first kappa shape index (κ1) is 41.2. The highest BCUT2D eigenvalue weighted by Gasteiger charge is 2.58. The molecule has 2 aliphatic heterocycles. The van der Waals surface area contributed by atoms with Gasteiger partial charge in [-0.3, -0.25) is 14.5 Å². The van der Waals surface area contributed by atoms with Crippen LogP contribution in [-0.4, -0.2) is 44.6 Å². The van der Waals surface area contributed by atoms with Crippen LogP contribution in [0.2, 0.25) is 5.04 Å². The molecule has 2 saturated heterocycles. The van der Waals surface area contributed by atoms with E-state index in [-0.39, 0.29) is 34.6 Å². The molecule has 5 aromatic carbocycles. The molecule has 5 aromatic rings. The number of ether oxygens (including phenoxy) is 1. The van der Waals surface area contributed by atoms with E-state index >= 15 is 0 Å². The lowest BCUT2D eigenvalue weighted by Crippen LogP contribution is -2.66. The molecule has 2 fully saturated rings. The molecule has 1 aliphatic carbocycles. The van der Waals surface area contributed by atoms with Gasteiger partial charge in [0, 0.05) is 17.3 Å². The number of nitrogens with zero attached hydrogens (tertiary/aromatic N) is 1. The van der Waals surface area contributed by atoms with Crippen molar-refractivity contribution in [3.05, 3.63) is 162 Å². The Labute approximate surface area is 355 Å². The highest BCUT2D eigenvalue weighted by molar-refractivity contribution is 6.99. The number of hydrogen-bond acceptors (Lipinski definition) is 6. The molecular formula is C52H56N2O5Si. The maximum Gasteiger partial charge on any atom is 0.261 e. The van der Waals surface area contributed by atoms with Gasteiger partial charge in [-0.1, -0.05) is 137 Å². The van der Waals surface area contributed by atoms with Gasteiger partial charge in [0.2, 0.25) is 11.8 Å². The van der Waals surface area contributed by atoms with Gasteiger partial charge in [-0.2, -0.15) is 0 Å². The molecule has 0 saturated carbocycles. The van der Waals surface area contributed by atoms with Crippen LogP contribution in [0.3, 0.4) is 0 Å². The summed E-state index contributed by atoms with van der Waals surface area (Å²) in [5.74, 6) is -1.29. The van der Waals surface area contributed by atoms with Gasteiger partial charge in [0.25, 0.3) is 8.32 Å². The summed E-state index contributed by atoms with van der Waals surface area (Å²) in [6, 6.07) is 46.2. The largest absolute Gasteiger partial charge is 0.508 e. The molecule has 7 nitrogen and oxygen atoms in total. The second-order valence-electron chi connectivity index (χ2n) is 17.5. The summed E-state index contributed by atoms with van der Waals surface area (Å²) in [6.07, 6.45) is 5.91. The van der Waals surface area contributed by atoms with Crippen LogP contribution in [0, 0.1) is 17.8 Å². The molecule has 2 heterocycles. The van der Waals surface area contributed by atoms with E-state index in [1.165, 1.54) is 20.8 Å². The van der Waals surface area contributed by atoms with Crippen LogP contribution in [0.1, 0.15) is 65.4 Å². The Balaban J connectivity index is 1.14. The maximum absolute atomic E-state index is 14.6. The number of aromatic hydroxyl groups is 1. The Morgan fingerprint density at radius 3 is 2.05 bits per heavy atom. The van der Waals surface area contributed by atoms with Gasteiger partial charge < -0.3 is 19.6 Å². The number of phenols is 1. The minimum Gasteiger partial charge on any atom is -0.508 e. The third-order valence-electron chi connectivity index (χ3n) is 12.6. The number of phenolic OH excluding ortho intramolecular Hbond substituents is 1. The van der Waals surface area contributed by atoms with E-state index in [1.54, 1.807) is 12.1 Å². The predicted octanol–water partition coefficient (Wildman–Crippen LogP) is 10.2. The lowest BCUT2D eigenvalue weighted by Gasteiger charge is -2.44. The van der Waals surface area contributed by atoms with Gasteiger partial charge >= 0.3 is 0 Å². The molecule has 8 rings (SSSR count). The molecule has 60 heavy (non-hydrogen) atoms. The standard InChI is InChI=1S/C52H56N2O5Si/c1-5-16-36(31-37-17-15-20-42(55)32-37)25-30-47-48-38(34-59-60(52(2,3)4,43-21-11-7-12-22-43)44-23-13-8-14-24-44)33-45-49(46(48)35-58-47)51(57)54(50(45)56)41-28-26-40(27-29-41)53-39-18-9-6-10-19-39/h6-15,17-24,26-29,31-32,45-47,49,53,55H,5,16,25,30,33-35H2,1-4H3/b36-31+/t45-,46+,47-,49-/m1/s1. The van der Waals surface area contributed by atoms with E-state index in [0.29, 0.717) is 25.3 Å². The first-order valence-electron chi connectivity index (χ1n) is 21.4. The van der Waals surface area contributed by atoms with Crippen LogP contribution in [-0.2, 0) is 18.8 Å². The highest BCUT2D eigenvalue weighted by atomic mass is 28.4. The van der Waals surface area contributed by atoms with Crippen molar-refractivity contribution in [1.82, 2.24) is 0 Å². The Kier molecular flexibility index (Phi) is 12.1. The monoisotopic (exact) mass is 816 g/mol. The summed E-state index contributed by atoms with van der Waals surface area (Å²) >= 11 is 0. The molecular weight excluding hydrogens is 761 g/mol. The van der Waals surface area contributed by atoms with E-state index in [2.05, 4.69) is 99.8 Å². The molecule has 2 N–H and O–H groups in total. The molecule has 0 radical (unpaired) electrons. The normalized spacial score (nSPS) is 20.7. The van der Waals surface area contributed by atoms with Crippen molar-refractivity contribution in [3.8, 4) is 5.75 Å². The number of nitrogens with one attached hydrogen (secondary N) is 1. The zero-order chi connectivity index (χ0) is 41.9. The minimum absolute atomic E-state index is 0.150. The third-order valence-corrected chi connectivity index (χ3v) is 17.6. The number of amides is 2. The summed E-state index contributed by atoms with van der Waals surface area (Å²) < 4.78 is 14.3. The van der Waals surface area contributed by atoms with Crippen molar-refractivity contribution in [1.29, 1.82) is 0 Å². The number of allylic oxidation sites excluding steroid dienone is 1. The number of fused-ring (bicyclic) bond motifs is 3. The van der Waals surface area contributed by atoms with Gasteiger partial charge in [0.1, 0.15) is 5.75 Å². The zero-order valence-electron chi connectivity index (χ0n) is 35.1. The summed E-state index contributed by atoms with van der Waals surface area (Å²) in [4.78, 5) is 30.7. The quantitative estimate of drug-likeness (QED) is 0.0660. The molecule has 0 spiro atoms. The molecule has 0 unspecified atom stereocenters. The number of benzene rings is 5. The van der Waals surface area contributed by atoms with Crippen LogP contribution >= 0.6 is 0 Å². The molecule has 4 atom stereocenters. The maximum atomic E-state index is 14.6. The SMILES string of the molecule is CCC/C(=C\c1cccc(O)c1)CC[C@H]1OC[C@H]2C1=C(CO[Si](c1ccccc1)(c1ccccc1)C(C)(C)C)C[C@H]1C(=O)N(c3ccc(Nc4ccccc4)cc3)C(=O)[C@H]12. The lowest BCUT2D eigenvalue weighted by atomic mass is 9.69. The molecule has 0 aromatic heterocycles. The van der Waals surface area contributed by atoms with E-state index in [9.17, 15) is 14.7 Å². The Morgan fingerprint density at radius 1 is 0.800 bits per heavy atom. The van der Waals surface area contributed by atoms with Crippen LogP contribution in [0.5, 0.6) is 5.75 Å². The van der Waals surface area contributed by atoms with E-state index < -0.39 is 20.2 Å². The Hall–Kier alpha value is -5.54. The van der Waals surface area contributed by atoms with Crippen molar-refractivity contribution in [2.75, 3.05) is 23.4 Å². The van der Waals surface area contributed by atoms with Crippen molar-refractivity contribution in [2.24, 2.45) is 17.8 Å². The second kappa shape index (κ2) is 17.6. The molecule has 2 amide bonds. The Bertz CT molecular complexity index is 2320. The van der Waals surface area contributed by atoms with E-state index in [0.717, 1.165) is 53.8 Å². The average Bonchev–Trinajstić information content (AvgIpc) is 3.78. The van der Waals surface area contributed by atoms with Crippen LogP contribution in [0.4, 0.5) is 17.1 Å². The summed E-state index contributed by atoms with van der Waals surface area (Å²) in [5.41, 5.74) is 6.93. The van der Waals surface area contributed by atoms with Gasteiger partial charge in [0.05, 0.1) is 36.8 Å². The third kappa shape index (κ3) is 8.16. The van der Waals surface area contributed by atoms with Crippen molar-refractivity contribution in [3.63, 3.8) is 0 Å². The van der Waals surface area contributed by atoms with E-state index in [4.69, 9.17) is 9.16 Å². The fourth-order valence-corrected chi connectivity index (χ4v) is 14.5. The van der Waals surface area contributed by atoms with Crippen LogP contribution in [0.15, 0.2) is 156 Å². The minimum atomic E-state index is -2.93. The number of anilines is 3. The number of carbonyl (C=O) groups excluding carboxylic acids is 2. The number of carbonyl (C=O) groups is 2. The Morgan fingerprint density at radius 2 is 1.43 bits per heavy atom. The number of imide groups is 1. The smallest absolute Gasteiger partial charge is 0.261 e. The summed E-state index contributed by atoms with van der Waals surface area (Å²) in [6.45, 7) is 9.77. The van der Waals surface area contributed by atoms with Crippen molar-refractivity contribution < 1.29 is 23.9 Å². The first-order chi connectivity index (χ1) is 29.1. The molecule has 8 heteroatoms. The van der Waals surface area contributed by atoms with Crippen molar-refractivity contribution in [2.45, 2.75) is 70.9 Å². The van der Waals surface area contributed by atoms with Gasteiger partial charge in [-0.15, -0.1) is 0 Å².